The molecule has 1 aromatic heterocycles. The van der Waals surface area contributed by atoms with Crippen molar-refractivity contribution in [3.8, 4) is 11.6 Å². The maximum Gasteiger partial charge on any atom is 0.421 e. The Morgan fingerprint density at radius 2 is 1.87 bits per heavy atom. The number of pyridine rings is 1. The number of carbonyl (C=O) groups is 1. The van der Waals surface area contributed by atoms with Gasteiger partial charge in [-0.3, -0.25) is 4.79 Å². The number of halogens is 4. The normalized spacial score (nSPS) is 11.2. The van der Waals surface area contributed by atoms with Gasteiger partial charge in [-0.05, 0) is 59.3 Å². The lowest BCUT2D eigenvalue weighted by Crippen LogP contribution is -2.15. The Bertz CT molecular complexity index is 1070. The van der Waals surface area contributed by atoms with Gasteiger partial charge in [0.25, 0.3) is 5.91 Å². The van der Waals surface area contributed by atoms with Crippen LogP contribution in [0.1, 0.15) is 27.0 Å². The second-order valence-electron chi connectivity index (χ2n) is 6.52. The number of benzene rings is 2. The number of aromatic nitrogens is 1. The van der Waals surface area contributed by atoms with Gasteiger partial charge < -0.3 is 15.8 Å². The van der Waals surface area contributed by atoms with Gasteiger partial charge in [0.2, 0.25) is 5.88 Å². The average molecular weight is 527 g/mol. The number of nitrogens with zero attached hydrogens (tertiary/aromatic N) is 1. The summed E-state index contributed by atoms with van der Waals surface area (Å²) in [6.07, 6.45) is -3.37. The van der Waals surface area contributed by atoms with E-state index in [9.17, 15) is 18.0 Å². The van der Waals surface area contributed by atoms with E-state index in [0.717, 1.165) is 17.2 Å². The molecule has 3 N–H and O–H groups in total. The van der Waals surface area contributed by atoms with E-state index in [4.69, 9.17) is 10.5 Å². The monoisotopic (exact) mass is 527 g/mol. The molecular weight excluding hydrogens is 510 g/mol. The summed E-state index contributed by atoms with van der Waals surface area (Å²) in [4.78, 5) is 15.6. The molecule has 0 aliphatic carbocycles. The van der Waals surface area contributed by atoms with Gasteiger partial charge in [-0.1, -0.05) is 29.8 Å². The lowest BCUT2D eigenvalue weighted by Gasteiger charge is -2.15. The minimum absolute atomic E-state index is 0.0175. The van der Waals surface area contributed by atoms with E-state index >= 15 is 0 Å². The molecule has 0 aliphatic rings. The molecule has 0 fully saturated rings. The first-order chi connectivity index (χ1) is 14.1. The Morgan fingerprint density at radius 3 is 2.50 bits per heavy atom. The van der Waals surface area contributed by atoms with Crippen LogP contribution in [0.15, 0.2) is 54.7 Å². The fourth-order valence-electron chi connectivity index (χ4n) is 2.67. The summed E-state index contributed by atoms with van der Waals surface area (Å²) in [6, 6.07) is 13.0. The molecule has 9 heteroatoms. The average Bonchev–Trinajstić information content (AvgIpc) is 2.68. The van der Waals surface area contributed by atoms with Crippen molar-refractivity contribution < 1.29 is 22.7 Å². The van der Waals surface area contributed by atoms with E-state index in [1.807, 2.05) is 31.2 Å². The van der Waals surface area contributed by atoms with E-state index < -0.39 is 23.5 Å². The number of hydrogen-bond acceptors (Lipinski definition) is 4. The number of anilines is 1. The molecule has 0 radical (unpaired) electrons. The van der Waals surface area contributed by atoms with Crippen molar-refractivity contribution in [3.05, 3.63) is 80.6 Å². The second-order valence-corrected chi connectivity index (χ2v) is 7.76. The van der Waals surface area contributed by atoms with Crippen molar-refractivity contribution in [1.82, 2.24) is 4.98 Å². The largest absolute Gasteiger partial charge is 0.438 e. The summed E-state index contributed by atoms with van der Waals surface area (Å²) >= 11 is 1.74. The zero-order valence-electron chi connectivity index (χ0n) is 15.8. The van der Waals surface area contributed by atoms with Gasteiger partial charge in [-0.25, -0.2) is 4.98 Å². The van der Waals surface area contributed by atoms with Crippen molar-refractivity contribution in [2.24, 2.45) is 5.73 Å². The van der Waals surface area contributed by atoms with E-state index in [0.29, 0.717) is 15.8 Å². The van der Waals surface area contributed by atoms with Gasteiger partial charge in [0.1, 0.15) is 11.3 Å². The van der Waals surface area contributed by atoms with Gasteiger partial charge in [0.05, 0.1) is 5.56 Å². The molecule has 3 aromatic rings. The second kappa shape index (κ2) is 8.90. The molecule has 0 unspecified atom stereocenters. The highest BCUT2D eigenvalue weighted by Crippen LogP contribution is 2.38. The number of amides is 1. The maximum absolute atomic E-state index is 13.3. The number of alkyl halides is 3. The Labute approximate surface area is 184 Å². The first-order valence-electron chi connectivity index (χ1n) is 8.77. The Morgan fingerprint density at radius 1 is 1.17 bits per heavy atom. The standard InChI is InChI=1S/C21H17F3IN3O2/c1-12-2-4-13(5-3-12)10-27-18-7-6-15(9-16(18)19(26)29)30-20-17(21(22,23)24)8-14(25)11-28-20/h2-9,11,27H,10H2,1H3,(H2,26,29). The number of aryl methyl sites for hydroxylation is 1. The zero-order valence-corrected chi connectivity index (χ0v) is 17.9. The third-order valence-corrected chi connectivity index (χ3v) is 4.79. The van der Waals surface area contributed by atoms with Crippen LogP contribution in [0.4, 0.5) is 18.9 Å². The molecule has 0 atom stereocenters. The van der Waals surface area contributed by atoms with Gasteiger partial charge in [0.15, 0.2) is 0 Å². The lowest BCUT2D eigenvalue weighted by molar-refractivity contribution is -0.138. The number of ether oxygens (including phenoxy) is 1. The molecule has 2 aromatic carbocycles. The molecule has 1 heterocycles. The minimum atomic E-state index is -4.63. The van der Waals surface area contributed by atoms with Crippen LogP contribution in [-0.4, -0.2) is 10.9 Å². The van der Waals surface area contributed by atoms with Gasteiger partial charge in [0, 0.05) is 22.0 Å². The number of carbonyl (C=O) groups excluding carboxylic acids is 1. The predicted molar refractivity (Wildman–Crippen MR) is 115 cm³/mol. The number of primary amides is 1. The Kier molecular flexibility index (Phi) is 6.49. The molecule has 0 bridgehead atoms. The molecule has 5 nitrogen and oxygen atoms in total. The van der Waals surface area contributed by atoms with E-state index in [1.165, 1.54) is 24.4 Å². The highest BCUT2D eigenvalue weighted by atomic mass is 127. The van der Waals surface area contributed by atoms with Crippen LogP contribution in [0.25, 0.3) is 0 Å². The SMILES string of the molecule is Cc1ccc(CNc2ccc(Oc3ncc(I)cc3C(F)(F)F)cc2C(N)=O)cc1. The summed E-state index contributed by atoms with van der Waals surface area (Å²) in [5.74, 6) is -1.32. The first kappa shape index (κ1) is 21.9. The van der Waals surface area contributed by atoms with Crippen molar-refractivity contribution in [2.75, 3.05) is 5.32 Å². The summed E-state index contributed by atoms with van der Waals surface area (Å²) in [6.45, 7) is 2.42. The van der Waals surface area contributed by atoms with E-state index in [2.05, 4.69) is 10.3 Å². The molecule has 0 saturated heterocycles. The Balaban J connectivity index is 1.85. The number of hydrogen-bond donors (Lipinski definition) is 2. The molecule has 0 saturated carbocycles. The van der Waals surface area contributed by atoms with Gasteiger partial charge in [-0.2, -0.15) is 13.2 Å². The predicted octanol–water partition coefficient (Wildman–Crippen LogP) is 5.52. The third-order valence-electron chi connectivity index (χ3n) is 4.20. The van der Waals surface area contributed by atoms with Crippen LogP contribution >= 0.6 is 22.6 Å². The smallest absolute Gasteiger partial charge is 0.421 e. The van der Waals surface area contributed by atoms with Gasteiger partial charge >= 0.3 is 6.18 Å². The number of nitrogens with one attached hydrogen (secondary N) is 1. The molecule has 30 heavy (non-hydrogen) atoms. The highest BCUT2D eigenvalue weighted by molar-refractivity contribution is 14.1. The molecule has 1 amide bonds. The molecule has 156 valence electrons. The van der Waals surface area contributed by atoms with Crippen molar-refractivity contribution in [3.63, 3.8) is 0 Å². The fraction of sp³-hybridized carbons (Fsp3) is 0.143. The summed E-state index contributed by atoms with van der Waals surface area (Å²) in [5.41, 5.74) is 7.11. The van der Waals surface area contributed by atoms with Crippen LogP contribution in [0.2, 0.25) is 0 Å². The summed E-state index contributed by atoms with van der Waals surface area (Å²) < 4.78 is 45.5. The first-order valence-corrected chi connectivity index (χ1v) is 9.85. The molecule has 3 rings (SSSR count). The van der Waals surface area contributed by atoms with Crippen molar-refractivity contribution in [2.45, 2.75) is 19.6 Å². The molecule has 0 spiro atoms. The number of rotatable bonds is 6. The van der Waals surface area contributed by atoms with Gasteiger partial charge in [-0.15, -0.1) is 0 Å². The topological polar surface area (TPSA) is 77.2 Å². The number of nitrogens with two attached hydrogens (primary N) is 1. The quantitative estimate of drug-likeness (QED) is 0.415. The minimum Gasteiger partial charge on any atom is -0.438 e. The Hall–Kier alpha value is -2.82. The van der Waals surface area contributed by atoms with Crippen molar-refractivity contribution >= 4 is 34.2 Å². The van der Waals surface area contributed by atoms with Crippen LogP contribution < -0.4 is 15.8 Å². The molecule has 0 aliphatic heterocycles. The van der Waals surface area contributed by atoms with E-state index in [1.54, 1.807) is 22.6 Å². The van der Waals surface area contributed by atoms with E-state index in [-0.39, 0.29) is 11.3 Å². The summed E-state index contributed by atoms with van der Waals surface area (Å²) in [7, 11) is 0. The van der Waals surface area contributed by atoms with Crippen LogP contribution in [-0.2, 0) is 12.7 Å². The van der Waals surface area contributed by atoms with Crippen LogP contribution in [0.5, 0.6) is 11.6 Å². The lowest BCUT2D eigenvalue weighted by atomic mass is 10.1. The summed E-state index contributed by atoms with van der Waals surface area (Å²) in [5, 5.41) is 3.11. The maximum atomic E-state index is 13.3. The molecular formula is C21H17F3IN3O2. The fourth-order valence-corrected chi connectivity index (χ4v) is 3.12. The zero-order chi connectivity index (χ0) is 21.9. The third kappa shape index (κ3) is 5.41. The van der Waals surface area contributed by atoms with Crippen LogP contribution in [0.3, 0.4) is 0 Å². The van der Waals surface area contributed by atoms with Crippen LogP contribution in [0, 0.1) is 10.5 Å². The van der Waals surface area contributed by atoms with Crippen molar-refractivity contribution in [1.29, 1.82) is 0 Å². The highest BCUT2D eigenvalue weighted by Gasteiger charge is 2.36.